The number of nitro groups is 1. The molecule has 1 aromatic heterocycles. The van der Waals surface area contributed by atoms with Crippen molar-refractivity contribution in [2.24, 2.45) is 0 Å². The Hall–Kier alpha value is -2.03. The first kappa shape index (κ1) is 13.4. The van der Waals surface area contributed by atoms with Gasteiger partial charge in [0.15, 0.2) is 0 Å². The molecule has 1 amide bonds. The van der Waals surface area contributed by atoms with Crippen molar-refractivity contribution in [1.29, 1.82) is 0 Å². The fourth-order valence-corrected chi connectivity index (χ4v) is 1.69. The summed E-state index contributed by atoms with van der Waals surface area (Å²) in [6.07, 6.45) is 1.63. The lowest BCUT2D eigenvalue weighted by molar-refractivity contribution is -0.384. The third-order valence-corrected chi connectivity index (χ3v) is 2.95. The number of nitrogens with one attached hydrogen (secondary N) is 1. The van der Waals surface area contributed by atoms with E-state index in [2.05, 4.69) is 32.9 Å². The van der Waals surface area contributed by atoms with Crippen molar-refractivity contribution in [2.45, 2.75) is 0 Å². The Morgan fingerprint density at radius 3 is 2.42 bits per heavy atom. The van der Waals surface area contributed by atoms with E-state index < -0.39 is 4.92 Å². The summed E-state index contributed by atoms with van der Waals surface area (Å²) in [7, 11) is 0. The first-order valence-corrected chi connectivity index (χ1v) is 6.31. The highest BCUT2D eigenvalue weighted by Gasteiger charge is 2.09. The number of hydrogen-bond acceptors (Lipinski definition) is 4. The van der Waals surface area contributed by atoms with Gasteiger partial charge in [0.25, 0.3) is 11.6 Å². The van der Waals surface area contributed by atoms with Gasteiger partial charge in [0, 0.05) is 27.5 Å². The average Bonchev–Trinajstić information content (AvgIpc) is 2.41. The molecule has 6 nitrogen and oxygen atoms in total. The molecule has 96 valence electrons. The van der Waals surface area contributed by atoms with E-state index in [0.717, 1.165) is 3.57 Å². The Morgan fingerprint density at radius 1 is 1.21 bits per heavy atom. The number of nitro benzene ring substituents is 1. The van der Waals surface area contributed by atoms with Crippen LogP contribution < -0.4 is 5.32 Å². The van der Waals surface area contributed by atoms with Gasteiger partial charge in [-0.05, 0) is 46.9 Å². The maximum atomic E-state index is 11.9. The highest BCUT2D eigenvalue weighted by atomic mass is 127. The van der Waals surface area contributed by atoms with Crippen LogP contribution in [0.3, 0.4) is 0 Å². The highest BCUT2D eigenvalue weighted by molar-refractivity contribution is 14.1. The van der Waals surface area contributed by atoms with Crippen molar-refractivity contribution in [3.8, 4) is 0 Å². The summed E-state index contributed by atoms with van der Waals surface area (Å²) in [6, 6.07) is 8.89. The quantitative estimate of drug-likeness (QED) is 0.512. The van der Waals surface area contributed by atoms with Crippen molar-refractivity contribution in [3.05, 3.63) is 61.8 Å². The van der Waals surface area contributed by atoms with E-state index in [0.29, 0.717) is 11.4 Å². The SMILES string of the molecule is O=C(Nc1ccc(I)cn1)c1ccc([N+](=O)[O-])cc1. The maximum absolute atomic E-state index is 11.9. The van der Waals surface area contributed by atoms with Crippen LogP contribution in [-0.4, -0.2) is 15.8 Å². The fourth-order valence-electron chi connectivity index (χ4n) is 1.37. The minimum Gasteiger partial charge on any atom is -0.307 e. The Labute approximate surface area is 122 Å². The Bertz CT molecular complexity index is 611. The minimum absolute atomic E-state index is 0.0519. The van der Waals surface area contributed by atoms with Crippen molar-refractivity contribution in [1.82, 2.24) is 4.98 Å². The summed E-state index contributed by atoms with van der Waals surface area (Å²) in [4.78, 5) is 25.9. The lowest BCUT2D eigenvalue weighted by Gasteiger charge is -2.04. The molecule has 0 atom stereocenters. The average molecular weight is 369 g/mol. The monoisotopic (exact) mass is 369 g/mol. The molecule has 0 fully saturated rings. The number of carbonyl (C=O) groups is 1. The third kappa shape index (κ3) is 3.47. The zero-order chi connectivity index (χ0) is 13.8. The summed E-state index contributed by atoms with van der Waals surface area (Å²) in [5.74, 6) is 0.0763. The van der Waals surface area contributed by atoms with E-state index in [1.807, 2.05) is 6.07 Å². The molecule has 2 aromatic rings. The van der Waals surface area contributed by atoms with Gasteiger partial charge in [-0.25, -0.2) is 4.98 Å². The van der Waals surface area contributed by atoms with Gasteiger partial charge in [-0.3, -0.25) is 14.9 Å². The number of nitrogens with zero attached hydrogens (tertiary/aromatic N) is 2. The minimum atomic E-state index is -0.512. The van der Waals surface area contributed by atoms with Gasteiger partial charge < -0.3 is 5.32 Å². The first-order valence-electron chi connectivity index (χ1n) is 5.23. The molecule has 0 aliphatic carbocycles. The molecular weight excluding hydrogens is 361 g/mol. The number of halogens is 1. The molecule has 2 rings (SSSR count). The molecule has 0 radical (unpaired) electrons. The molecule has 0 bridgehead atoms. The Balaban J connectivity index is 2.11. The fraction of sp³-hybridized carbons (Fsp3) is 0. The van der Waals surface area contributed by atoms with E-state index in [1.165, 1.54) is 24.3 Å². The lowest BCUT2D eigenvalue weighted by Crippen LogP contribution is -2.12. The predicted octanol–water partition coefficient (Wildman–Crippen LogP) is 2.85. The van der Waals surface area contributed by atoms with Crippen LogP contribution in [0.5, 0.6) is 0 Å². The van der Waals surface area contributed by atoms with Gasteiger partial charge >= 0.3 is 0 Å². The molecule has 1 aromatic carbocycles. The first-order chi connectivity index (χ1) is 9.06. The number of aromatic nitrogens is 1. The van der Waals surface area contributed by atoms with Gasteiger partial charge in [0.05, 0.1) is 4.92 Å². The number of anilines is 1. The highest BCUT2D eigenvalue weighted by Crippen LogP contribution is 2.13. The van der Waals surface area contributed by atoms with Crippen molar-refractivity contribution in [2.75, 3.05) is 5.32 Å². The van der Waals surface area contributed by atoms with Crippen molar-refractivity contribution >= 4 is 40.0 Å². The molecular formula is C12H8IN3O3. The Morgan fingerprint density at radius 2 is 1.89 bits per heavy atom. The van der Waals surface area contributed by atoms with Crippen LogP contribution in [0.4, 0.5) is 11.5 Å². The topological polar surface area (TPSA) is 85.1 Å². The standard InChI is InChI=1S/C12H8IN3O3/c13-9-3-6-11(14-7-9)15-12(17)8-1-4-10(5-2-8)16(18)19/h1-7H,(H,14,15,17). The largest absolute Gasteiger partial charge is 0.307 e. The lowest BCUT2D eigenvalue weighted by atomic mass is 10.2. The van der Waals surface area contributed by atoms with E-state index in [-0.39, 0.29) is 11.6 Å². The number of carbonyl (C=O) groups excluding carboxylic acids is 1. The predicted molar refractivity (Wildman–Crippen MR) is 78.0 cm³/mol. The normalized spacial score (nSPS) is 9.95. The number of pyridine rings is 1. The van der Waals surface area contributed by atoms with Crippen LogP contribution in [0.2, 0.25) is 0 Å². The second-order valence-electron chi connectivity index (χ2n) is 3.62. The molecule has 0 aliphatic rings. The second kappa shape index (κ2) is 5.74. The van der Waals surface area contributed by atoms with Gasteiger partial charge in [0.2, 0.25) is 0 Å². The van der Waals surface area contributed by atoms with Crippen LogP contribution in [0.1, 0.15) is 10.4 Å². The molecule has 7 heteroatoms. The molecule has 19 heavy (non-hydrogen) atoms. The molecule has 0 saturated carbocycles. The molecule has 0 aliphatic heterocycles. The van der Waals surface area contributed by atoms with E-state index in [4.69, 9.17) is 0 Å². The zero-order valence-electron chi connectivity index (χ0n) is 9.54. The van der Waals surface area contributed by atoms with Crippen LogP contribution in [-0.2, 0) is 0 Å². The van der Waals surface area contributed by atoms with Crippen LogP contribution in [0.15, 0.2) is 42.6 Å². The Kier molecular flexibility index (Phi) is 4.05. The van der Waals surface area contributed by atoms with Gasteiger partial charge in [-0.15, -0.1) is 0 Å². The molecule has 0 saturated heterocycles. The summed E-state index contributed by atoms with van der Waals surface area (Å²) in [5.41, 5.74) is 0.287. The molecule has 0 unspecified atom stereocenters. The number of rotatable bonds is 3. The van der Waals surface area contributed by atoms with Crippen LogP contribution in [0.25, 0.3) is 0 Å². The number of benzene rings is 1. The maximum Gasteiger partial charge on any atom is 0.269 e. The van der Waals surface area contributed by atoms with Crippen LogP contribution >= 0.6 is 22.6 Å². The van der Waals surface area contributed by atoms with Crippen LogP contribution in [0, 0.1) is 13.7 Å². The molecule has 0 spiro atoms. The smallest absolute Gasteiger partial charge is 0.269 e. The number of non-ortho nitro benzene ring substituents is 1. The number of hydrogen-bond donors (Lipinski definition) is 1. The van der Waals surface area contributed by atoms with E-state index in [9.17, 15) is 14.9 Å². The van der Waals surface area contributed by atoms with Gasteiger partial charge in [-0.1, -0.05) is 0 Å². The summed E-state index contributed by atoms with van der Waals surface area (Å²) in [5, 5.41) is 13.1. The third-order valence-electron chi connectivity index (χ3n) is 2.31. The second-order valence-corrected chi connectivity index (χ2v) is 4.87. The molecule has 1 heterocycles. The van der Waals surface area contributed by atoms with E-state index in [1.54, 1.807) is 12.3 Å². The molecule has 1 N–H and O–H groups in total. The summed E-state index contributed by atoms with van der Waals surface area (Å²) >= 11 is 2.11. The zero-order valence-corrected chi connectivity index (χ0v) is 11.7. The van der Waals surface area contributed by atoms with Gasteiger partial charge in [-0.2, -0.15) is 0 Å². The van der Waals surface area contributed by atoms with Gasteiger partial charge in [0.1, 0.15) is 5.82 Å². The van der Waals surface area contributed by atoms with E-state index >= 15 is 0 Å². The van der Waals surface area contributed by atoms with Crippen molar-refractivity contribution in [3.63, 3.8) is 0 Å². The van der Waals surface area contributed by atoms with Crippen molar-refractivity contribution < 1.29 is 9.72 Å². The summed E-state index contributed by atoms with van der Waals surface area (Å²) < 4.78 is 0.964. The summed E-state index contributed by atoms with van der Waals surface area (Å²) in [6.45, 7) is 0. The number of amides is 1.